The van der Waals surface area contributed by atoms with Crippen LogP contribution in [0.25, 0.3) is 0 Å². The predicted octanol–water partition coefficient (Wildman–Crippen LogP) is 2.90. The summed E-state index contributed by atoms with van der Waals surface area (Å²) in [4.78, 5) is 0. The number of nitrogens with one attached hydrogen (secondary N) is 1. The van der Waals surface area contributed by atoms with Gasteiger partial charge in [0.15, 0.2) is 0 Å². The van der Waals surface area contributed by atoms with Crippen LogP contribution >= 0.6 is 0 Å². The van der Waals surface area contributed by atoms with Crippen molar-refractivity contribution in [3.63, 3.8) is 0 Å². The summed E-state index contributed by atoms with van der Waals surface area (Å²) >= 11 is 0. The summed E-state index contributed by atoms with van der Waals surface area (Å²) in [5.41, 5.74) is 1.30. The van der Waals surface area contributed by atoms with Gasteiger partial charge in [0.25, 0.3) is 0 Å². The minimum absolute atomic E-state index is 0.405. The second-order valence-corrected chi connectivity index (χ2v) is 4.25. The Morgan fingerprint density at radius 2 is 1.93 bits per heavy atom. The molecule has 1 saturated carbocycles. The molecule has 0 aliphatic heterocycles. The van der Waals surface area contributed by atoms with Gasteiger partial charge in [-0.3, -0.25) is 0 Å². The highest BCUT2D eigenvalue weighted by Crippen LogP contribution is 2.25. The van der Waals surface area contributed by atoms with Crippen molar-refractivity contribution >= 4 is 0 Å². The van der Waals surface area contributed by atoms with Gasteiger partial charge in [-0.2, -0.15) is 0 Å². The molecule has 0 radical (unpaired) electrons. The van der Waals surface area contributed by atoms with Crippen molar-refractivity contribution in [2.24, 2.45) is 0 Å². The van der Waals surface area contributed by atoms with E-state index in [9.17, 15) is 0 Å². The lowest BCUT2D eigenvalue weighted by Gasteiger charge is -2.26. The van der Waals surface area contributed by atoms with Gasteiger partial charge in [0.2, 0.25) is 0 Å². The minimum atomic E-state index is 0.405. The first-order valence-corrected chi connectivity index (χ1v) is 5.73. The smallest absolute Gasteiger partial charge is 0.119 e. The lowest BCUT2D eigenvalue weighted by molar-refractivity contribution is 0.120. The largest absolute Gasteiger partial charge is 0.490 e. The summed E-state index contributed by atoms with van der Waals surface area (Å²) in [6.07, 6.45) is 4.22. The topological polar surface area (TPSA) is 21.3 Å². The molecule has 1 unspecified atom stereocenters. The van der Waals surface area contributed by atoms with Crippen molar-refractivity contribution in [3.8, 4) is 5.75 Å². The molecule has 2 rings (SSSR count). The molecule has 0 bridgehead atoms. The Kier molecular flexibility index (Phi) is 3.27. The summed E-state index contributed by atoms with van der Waals surface area (Å²) in [5, 5.41) is 3.22. The monoisotopic (exact) mass is 205 g/mol. The van der Waals surface area contributed by atoms with Crippen molar-refractivity contribution in [1.82, 2.24) is 5.32 Å². The number of rotatable bonds is 4. The van der Waals surface area contributed by atoms with Gasteiger partial charge in [-0.25, -0.2) is 0 Å². The molecule has 1 aliphatic rings. The van der Waals surface area contributed by atoms with Crippen LogP contribution in [0, 0.1) is 0 Å². The van der Waals surface area contributed by atoms with Crippen molar-refractivity contribution in [2.45, 2.75) is 38.3 Å². The Labute approximate surface area is 91.6 Å². The van der Waals surface area contributed by atoms with Crippen LogP contribution in [0.1, 0.15) is 37.8 Å². The van der Waals surface area contributed by atoms with Gasteiger partial charge in [0, 0.05) is 6.04 Å². The summed E-state index contributed by atoms with van der Waals surface area (Å²) < 4.78 is 5.80. The lowest BCUT2D eigenvalue weighted by Crippen LogP contribution is -2.24. The van der Waals surface area contributed by atoms with Gasteiger partial charge in [-0.05, 0) is 50.9 Å². The molecule has 0 saturated heterocycles. The first-order valence-electron chi connectivity index (χ1n) is 5.73. The molecule has 1 N–H and O–H groups in total. The van der Waals surface area contributed by atoms with E-state index in [2.05, 4.69) is 36.5 Å². The Balaban J connectivity index is 1.96. The summed E-state index contributed by atoms with van der Waals surface area (Å²) in [7, 11) is 1.98. The normalized spacial score (nSPS) is 18.3. The first-order chi connectivity index (χ1) is 7.29. The Hall–Kier alpha value is -1.02. The molecule has 15 heavy (non-hydrogen) atoms. The molecule has 82 valence electrons. The summed E-state index contributed by atoms with van der Waals surface area (Å²) in [5.74, 6) is 1.01. The van der Waals surface area contributed by atoms with E-state index in [1.165, 1.54) is 24.8 Å². The van der Waals surface area contributed by atoms with E-state index in [1.54, 1.807) is 0 Å². The molecular formula is C13H19NO. The third kappa shape index (κ3) is 2.51. The maximum Gasteiger partial charge on any atom is 0.119 e. The molecule has 2 heteroatoms. The van der Waals surface area contributed by atoms with Crippen LogP contribution in [0.5, 0.6) is 5.75 Å². The van der Waals surface area contributed by atoms with Gasteiger partial charge in [-0.1, -0.05) is 12.1 Å². The maximum atomic E-state index is 5.80. The van der Waals surface area contributed by atoms with Gasteiger partial charge >= 0.3 is 0 Å². The quantitative estimate of drug-likeness (QED) is 0.816. The van der Waals surface area contributed by atoms with E-state index in [0.717, 1.165) is 5.75 Å². The van der Waals surface area contributed by atoms with E-state index in [1.807, 2.05) is 7.05 Å². The molecule has 1 atom stereocenters. The van der Waals surface area contributed by atoms with Crippen LogP contribution in [-0.2, 0) is 0 Å². The van der Waals surface area contributed by atoms with E-state index in [-0.39, 0.29) is 0 Å². The minimum Gasteiger partial charge on any atom is -0.490 e. The van der Waals surface area contributed by atoms with E-state index < -0.39 is 0 Å². The molecule has 1 aromatic rings. The molecule has 0 spiro atoms. The van der Waals surface area contributed by atoms with Gasteiger partial charge in [-0.15, -0.1) is 0 Å². The zero-order valence-corrected chi connectivity index (χ0v) is 9.49. The number of hydrogen-bond donors (Lipinski definition) is 1. The second-order valence-electron chi connectivity index (χ2n) is 4.25. The molecular weight excluding hydrogens is 186 g/mol. The van der Waals surface area contributed by atoms with Crippen LogP contribution in [0.4, 0.5) is 0 Å². The summed E-state index contributed by atoms with van der Waals surface area (Å²) in [6, 6.07) is 8.82. The third-order valence-electron chi connectivity index (χ3n) is 3.17. The average Bonchev–Trinajstić information content (AvgIpc) is 2.23. The maximum absolute atomic E-state index is 5.80. The van der Waals surface area contributed by atoms with Crippen molar-refractivity contribution in [1.29, 1.82) is 0 Å². The Morgan fingerprint density at radius 1 is 1.27 bits per heavy atom. The molecule has 1 fully saturated rings. The van der Waals surface area contributed by atoms with Crippen LogP contribution in [0.3, 0.4) is 0 Å². The van der Waals surface area contributed by atoms with Crippen LogP contribution < -0.4 is 10.1 Å². The fourth-order valence-electron chi connectivity index (χ4n) is 1.68. The molecule has 0 amide bonds. The SMILES string of the molecule is CNC(C)c1ccc(OC2CCC2)cc1. The van der Waals surface area contributed by atoms with Crippen molar-refractivity contribution < 1.29 is 4.74 Å². The van der Waals surface area contributed by atoms with Gasteiger partial charge in [0.1, 0.15) is 5.75 Å². The third-order valence-corrected chi connectivity index (χ3v) is 3.17. The van der Waals surface area contributed by atoms with E-state index >= 15 is 0 Å². The zero-order chi connectivity index (χ0) is 10.7. The fraction of sp³-hybridized carbons (Fsp3) is 0.538. The van der Waals surface area contributed by atoms with E-state index in [4.69, 9.17) is 4.74 Å². The lowest BCUT2D eigenvalue weighted by atomic mass is 9.96. The fourth-order valence-corrected chi connectivity index (χ4v) is 1.68. The van der Waals surface area contributed by atoms with Crippen molar-refractivity contribution in [2.75, 3.05) is 7.05 Å². The molecule has 0 heterocycles. The van der Waals surface area contributed by atoms with E-state index in [0.29, 0.717) is 12.1 Å². The van der Waals surface area contributed by atoms with Crippen LogP contribution in [0.15, 0.2) is 24.3 Å². The highest BCUT2D eigenvalue weighted by molar-refractivity contribution is 5.29. The summed E-state index contributed by atoms with van der Waals surface area (Å²) in [6.45, 7) is 2.15. The Bertz CT molecular complexity index is 303. The number of hydrogen-bond acceptors (Lipinski definition) is 2. The Morgan fingerprint density at radius 3 is 2.40 bits per heavy atom. The predicted molar refractivity (Wildman–Crippen MR) is 62.2 cm³/mol. The highest BCUT2D eigenvalue weighted by atomic mass is 16.5. The van der Waals surface area contributed by atoms with Gasteiger partial charge in [0.05, 0.1) is 6.10 Å². The molecule has 1 aliphatic carbocycles. The average molecular weight is 205 g/mol. The number of benzene rings is 1. The second kappa shape index (κ2) is 4.67. The van der Waals surface area contributed by atoms with Gasteiger partial charge < -0.3 is 10.1 Å². The molecule has 0 aromatic heterocycles. The zero-order valence-electron chi connectivity index (χ0n) is 9.49. The van der Waals surface area contributed by atoms with Crippen molar-refractivity contribution in [3.05, 3.63) is 29.8 Å². The standard InChI is InChI=1S/C13H19NO/c1-10(14-2)11-6-8-13(9-7-11)15-12-4-3-5-12/h6-10,12,14H,3-5H2,1-2H3. The van der Waals surface area contributed by atoms with Crippen LogP contribution in [-0.4, -0.2) is 13.2 Å². The van der Waals surface area contributed by atoms with Crippen LogP contribution in [0.2, 0.25) is 0 Å². The number of ether oxygens (including phenoxy) is 1. The highest BCUT2D eigenvalue weighted by Gasteiger charge is 2.18. The molecule has 2 nitrogen and oxygen atoms in total. The first kappa shape index (κ1) is 10.5. The molecule has 1 aromatic carbocycles.